The van der Waals surface area contributed by atoms with Crippen molar-refractivity contribution in [1.82, 2.24) is 5.16 Å². The normalized spacial score (nSPS) is 9.55. The van der Waals surface area contributed by atoms with Crippen LogP contribution in [0.3, 0.4) is 0 Å². The fraction of sp³-hybridized carbons (Fsp3) is 0.333. The molecule has 4 nitrogen and oxygen atoms in total. The summed E-state index contributed by atoms with van der Waals surface area (Å²) in [6.07, 6.45) is 0. The molecule has 0 aliphatic carbocycles. The molecule has 1 heterocycles. The molecule has 0 atom stereocenters. The maximum atomic E-state index is 10.9. The maximum Gasteiger partial charge on any atom is 0.360 e. The zero-order valence-corrected chi connectivity index (χ0v) is 6.46. The highest BCUT2D eigenvalue weighted by Crippen LogP contribution is 1.94. The van der Waals surface area contributed by atoms with Crippen LogP contribution in [0.15, 0.2) is 10.6 Å². The lowest BCUT2D eigenvalue weighted by atomic mass is 10.1. The van der Waals surface area contributed by atoms with Gasteiger partial charge in [-0.05, 0) is 6.92 Å². The molecule has 1 aromatic rings. The van der Waals surface area contributed by atoms with Crippen molar-refractivity contribution in [3.05, 3.63) is 11.8 Å². The van der Waals surface area contributed by atoms with Gasteiger partial charge in [0.15, 0.2) is 13.5 Å². The number of aromatic nitrogens is 1. The molecule has 0 saturated heterocycles. The fourth-order valence-electron chi connectivity index (χ4n) is 0.668. The third-order valence-corrected chi connectivity index (χ3v) is 1.11. The highest BCUT2D eigenvalue weighted by molar-refractivity contribution is 6.30. The number of hydrogen-bond acceptors (Lipinski definition) is 4. The number of carbonyl (C=O) groups is 1. The van der Waals surface area contributed by atoms with Crippen LogP contribution in [0, 0.1) is 0 Å². The topological polar surface area (TPSA) is 52.3 Å². The van der Waals surface area contributed by atoms with E-state index in [1.54, 1.807) is 14.8 Å². The standard InChI is InChI=1S/C6H8BNO3/c1-2-10-6(9)4-3-5(7)11-8-4/h3H,2,7H2,1H3. The Labute approximate surface area is 64.9 Å². The second-order valence-electron chi connectivity index (χ2n) is 2.04. The van der Waals surface area contributed by atoms with Gasteiger partial charge < -0.3 is 9.26 Å². The van der Waals surface area contributed by atoms with Crippen LogP contribution in [0.5, 0.6) is 0 Å². The summed E-state index contributed by atoms with van der Waals surface area (Å²) in [4.78, 5) is 10.9. The van der Waals surface area contributed by atoms with Gasteiger partial charge in [0.25, 0.3) is 0 Å². The van der Waals surface area contributed by atoms with Gasteiger partial charge in [-0.25, -0.2) is 4.79 Å². The second kappa shape index (κ2) is 3.23. The van der Waals surface area contributed by atoms with E-state index >= 15 is 0 Å². The summed E-state index contributed by atoms with van der Waals surface area (Å²) in [7, 11) is 1.72. The highest BCUT2D eigenvalue weighted by Gasteiger charge is 2.10. The molecular formula is C6H8BNO3. The van der Waals surface area contributed by atoms with E-state index in [2.05, 4.69) is 14.4 Å². The molecule has 0 aliphatic heterocycles. The van der Waals surface area contributed by atoms with E-state index < -0.39 is 5.97 Å². The molecular weight excluding hydrogens is 145 g/mol. The molecule has 0 amide bonds. The van der Waals surface area contributed by atoms with E-state index in [1.807, 2.05) is 0 Å². The van der Waals surface area contributed by atoms with Gasteiger partial charge in [-0.3, -0.25) is 0 Å². The molecule has 0 N–H and O–H groups in total. The van der Waals surface area contributed by atoms with E-state index in [0.29, 0.717) is 12.3 Å². The second-order valence-corrected chi connectivity index (χ2v) is 2.04. The summed E-state index contributed by atoms with van der Waals surface area (Å²) < 4.78 is 9.36. The number of rotatable bonds is 2. The molecule has 0 fully saturated rings. The van der Waals surface area contributed by atoms with Crippen LogP contribution in [0.1, 0.15) is 17.4 Å². The average molecular weight is 153 g/mol. The Morgan fingerprint density at radius 2 is 2.64 bits per heavy atom. The van der Waals surface area contributed by atoms with E-state index in [9.17, 15) is 4.79 Å². The third kappa shape index (κ3) is 1.83. The number of hydrogen-bond donors (Lipinski definition) is 0. The van der Waals surface area contributed by atoms with Gasteiger partial charge in [-0.2, -0.15) is 0 Å². The van der Waals surface area contributed by atoms with Crippen LogP contribution in [0.4, 0.5) is 0 Å². The molecule has 0 radical (unpaired) electrons. The Morgan fingerprint density at radius 3 is 3.09 bits per heavy atom. The monoisotopic (exact) mass is 153 g/mol. The lowest BCUT2D eigenvalue weighted by Crippen LogP contribution is -2.05. The summed E-state index contributed by atoms with van der Waals surface area (Å²) in [5, 5.41) is 3.48. The van der Waals surface area contributed by atoms with Crippen LogP contribution < -0.4 is 5.66 Å². The largest absolute Gasteiger partial charge is 0.461 e. The first-order valence-corrected chi connectivity index (χ1v) is 3.34. The average Bonchev–Trinajstić information content (AvgIpc) is 2.36. The van der Waals surface area contributed by atoms with Gasteiger partial charge in [-0.15, -0.1) is 0 Å². The number of carbonyl (C=O) groups excluding carboxylic acids is 1. The van der Waals surface area contributed by atoms with E-state index in [1.165, 1.54) is 6.07 Å². The first kappa shape index (κ1) is 7.85. The van der Waals surface area contributed by atoms with Gasteiger partial charge >= 0.3 is 5.97 Å². The van der Waals surface area contributed by atoms with Gasteiger partial charge in [0, 0.05) is 6.07 Å². The van der Waals surface area contributed by atoms with Gasteiger partial charge in [0.05, 0.1) is 12.3 Å². The molecule has 5 heteroatoms. The first-order valence-electron chi connectivity index (χ1n) is 3.34. The third-order valence-electron chi connectivity index (χ3n) is 1.11. The van der Waals surface area contributed by atoms with Crippen molar-refractivity contribution < 1.29 is 14.1 Å². The molecule has 1 rings (SSSR count). The number of ether oxygens (including phenoxy) is 1. The number of esters is 1. The van der Waals surface area contributed by atoms with Crippen molar-refractivity contribution >= 4 is 19.5 Å². The Bertz CT molecular complexity index is 258. The van der Waals surface area contributed by atoms with Gasteiger partial charge in [-0.1, -0.05) is 5.16 Å². The van der Waals surface area contributed by atoms with Crippen LogP contribution in [-0.2, 0) is 4.74 Å². The minimum Gasteiger partial charge on any atom is -0.461 e. The summed E-state index contributed by atoms with van der Waals surface area (Å²) in [5.41, 5.74) is 0.831. The Kier molecular flexibility index (Phi) is 2.30. The predicted octanol–water partition coefficient (Wildman–Crippen LogP) is -0.890. The Hall–Kier alpha value is -1.26. The van der Waals surface area contributed by atoms with Crippen molar-refractivity contribution in [3.8, 4) is 0 Å². The Morgan fingerprint density at radius 1 is 1.91 bits per heavy atom. The van der Waals surface area contributed by atoms with Crippen LogP contribution >= 0.6 is 0 Å². The zero-order valence-electron chi connectivity index (χ0n) is 6.46. The lowest BCUT2D eigenvalue weighted by Gasteiger charge is -1.94. The van der Waals surface area contributed by atoms with Gasteiger partial charge in [0.2, 0.25) is 0 Å². The van der Waals surface area contributed by atoms with E-state index in [4.69, 9.17) is 0 Å². The van der Waals surface area contributed by atoms with Crippen molar-refractivity contribution in [2.24, 2.45) is 0 Å². The molecule has 0 aromatic carbocycles. The van der Waals surface area contributed by atoms with E-state index in [-0.39, 0.29) is 5.69 Å². The summed E-state index contributed by atoms with van der Waals surface area (Å²) in [5.74, 6) is -0.440. The first-order chi connectivity index (χ1) is 5.24. The molecule has 0 spiro atoms. The molecule has 11 heavy (non-hydrogen) atoms. The Balaban J connectivity index is 2.69. The molecule has 58 valence electrons. The number of nitrogens with zero attached hydrogens (tertiary/aromatic N) is 1. The molecule has 0 bridgehead atoms. The van der Waals surface area contributed by atoms with E-state index in [0.717, 1.165) is 0 Å². The van der Waals surface area contributed by atoms with Crippen molar-refractivity contribution in [1.29, 1.82) is 0 Å². The molecule has 0 saturated carbocycles. The summed E-state index contributed by atoms with van der Waals surface area (Å²) >= 11 is 0. The van der Waals surface area contributed by atoms with Crippen LogP contribution in [0.2, 0.25) is 0 Å². The fourth-order valence-corrected chi connectivity index (χ4v) is 0.668. The quantitative estimate of drug-likeness (QED) is 0.408. The predicted molar refractivity (Wildman–Crippen MR) is 40.6 cm³/mol. The van der Waals surface area contributed by atoms with Crippen LogP contribution in [0.25, 0.3) is 0 Å². The van der Waals surface area contributed by atoms with Crippen molar-refractivity contribution in [2.45, 2.75) is 6.92 Å². The summed E-state index contributed by atoms with van der Waals surface area (Å²) in [6.45, 7) is 2.09. The highest BCUT2D eigenvalue weighted by atomic mass is 16.5. The van der Waals surface area contributed by atoms with Crippen molar-refractivity contribution in [2.75, 3.05) is 6.61 Å². The smallest absolute Gasteiger partial charge is 0.360 e. The van der Waals surface area contributed by atoms with Crippen LogP contribution in [-0.4, -0.2) is 25.6 Å². The minimum atomic E-state index is -0.440. The lowest BCUT2D eigenvalue weighted by molar-refractivity contribution is 0.0515. The SMILES string of the molecule is Bc1cc(C(=O)OCC)no1. The van der Waals surface area contributed by atoms with Crippen molar-refractivity contribution in [3.63, 3.8) is 0 Å². The summed E-state index contributed by atoms with van der Waals surface area (Å²) in [6, 6.07) is 1.54. The molecule has 0 aliphatic rings. The maximum absolute atomic E-state index is 10.9. The minimum absolute atomic E-state index is 0.226. The molecule has 0 unspecified atom stereocenters. The molecule has 1 aromatic heterocycles. The van der Waals surface area contributed by atoms with Gasteiger partial charge in [0.1, 0.15) is 0 Å². The zero-order chi connectivity index (χ0) is 8.27.